The van der Waals surface area contributed by atoms with Crippen LogP contribution in [0, 0.1) is 0 Å². The Hall–Kier alpha value is -1.17. The molecule has 0 saturated carbocycles. The van der Waals surface area contributed by atoms with Crippen LogP contribution in [0.2, 0.25) is 0 Å². The van der Waals surface area contributed by atoms with Crippen LogP contribution in [-0.4, -0.2) is 12.5 Å². The van der Waals surface area contributed by atoms with Gasteiger partial charge in [0.2, 0.25) is 5.91 Å². The lowest BCUT2D eigenvalue weighted by molar-refractivity contribution is -0.117. The van der Waals surface area contributed by atoms with E-state index in [1.807, 2.05) is 17.0 Å². The van der Waals surface area contributed by atoms with Gasteiger partial charge < -0.3 is 10.2 Å². The van der Waals surface area contributed by atoms with Crippen molar-refractivity contribution < 1.29 is 4.79 Å². The first kappa shape index (κ1) is 14.8. The molecule has 1 aromatic heterocycles. The predicted molar refractivity (Wildman–Crippen MR) is 90.6 cm³/mol. The predicted octanol–water partition coefficient (Wildman–Crippen LogP) is 3.93. The number of hydrogen-bond donors (Lipinski definition) is 1. The van der Waals surface area contributed by atoms with E-state index in [2.05, 4.69) is 44.8 Å². The molecule has 0 radical (unpaired) electrons. The van der Waals surface area contributed by atoms with Gasteiger partial charge >= 0.3 is 0 Å². The summed E-state index contributed by atoms with van der Waals surface area (Å²) in [6.45, 7) is 2.55. The first-order valence-corrected chi connectivity index (χ1v) is 8.73. The molecule has 1 aliphatic heterocycles. The van der Waals surface area contributed by atoms with Gasteiger partial charge in [0.15, 0.2) is 0 Å². The minimum absolute atomic E-state index is 0.239. The molecule has 21 heavy (non-hydrogen) atoms. The summed E-state index contributed by atoms with van der Waals surface area (Å²) in [5, 5.41) is 5.53. The molecule has 5 heteroatoms. The molecular weight excluding hydrogens is 348 g/mol. The van der Waals surface area contributed by atoms with Crippen molar-refractivity contribution in [3.8, 4) is 0 Å². The summed E-state index contributed by atoms with van der Waals surface area (Å²) in [5.74, 6) is 0.239. The van der Waals surface area contributed by atoms with Crippen molar-refractivity contribution in [1.82, 2.24) is 5.32 Å². The quantitative estimate of drug-likeness (QED) is 0.871. The highest BCUT2D eigenvalue weighted by molar-refractivity contribution is 9.10. The normalized spacial score (nSPS) is 14.9. The molecule has 1 saturated heterocycles. The number of anilines is 1. The fraction of sp³-hybridized carbons (Fsp3) is 0.312. The Balaban J connectivity index is 1.55. The zero-order valence-electron chi connectivity index (χ0n) is 11.6. The first-order valence-electron chi connectivity index (χ1n) is 7.06. The Morgan fingerprint density at radius 2 is 2.00 bits per heavy atom. The van der Waals surface area contributed by atoms with E-state index in [9.17, 15) is 4.79 Å². The molecule has 1 N–H and O–H groups in total. The Kier molecular flexibility index (Phi) is 4.73. The summed E-state index contributed by atoms with van der Waals surface area (Å²) < 4.78 is 1.17. The third kappa shape index (κ3) is 3.54. The minimum atomic E-state index is 0.239. The summed E-state index contributed by atoms with van der Waals surface area (Å²) in [4.78, 5) is 14.9. The molecule has 0 unspecified atom stereocenters. The molecule has 1 aliphatic rings. The van der Waals surface area contributed by atoms with Crippen molar-refractivity contribution in [3.63, 3.8) is 0 Å². The molecule has 0 aliphatic carbocycles. The van der Waals surface area contributed by atoms with E-state index in [1.54, 1.807) is 11.3 Å². The zero-order chi connectivity index (χ0) is 14.7. The molecule has 2 heterocycles. The minimum Gasteiger partial charge on any atom is -0.312 e. The van der Waals surface area contributed by atoms with Crippen LogP contribution in [0.1, 0.15) is 23.3 Å². The number of carbonyl (C=O) groups excluding carboxylic acids is 1. The SMILES string of the molecule is O=C1CCCN1c1ccc(CNCc2sccc2Br)cc1. The smallest absolute Gasteiger partial charge is 0.227 e. The summed E-state index contributed by atoms with van der Waals surface area (Å²) in [6, 6.07) is 10.3. The van der Waals surface area contributed by atoms with E-state index in [1.165, 1.54) is 14.9 Å². The van der Waals surface area contributed by atoms with Crippen LogP contribution < -0.4 is 10.2 Å². The molecule has 1 fully saturated rings. The van der Waals surface area contributed by atoms with Gasteiger partial charge in [-0.2, -0.15) is 0 Å². The lowest BCUT2D eigenvalue weighted by atomic mass is 10.2. The van der Waals surface area contributed by atoms with Gasteiger partial charge in [0.1, 0.15) is 0 Å². The summed E-state index contributed by atoms with van der Waals surface area (Å²) in [7, 11) is 0. The van der Waals surface area contributed by atoms with E-state index >= 15 is 0 Å². The third-order valence-electron chi connectivity index (χ3n) is 3.63. The van der Waals surface area contributed by atoms with E-state index in [0.29, 0.717) is 6.42 Å². The topological polar surface area (TPSA) is 32.3 Å². The van der Waals surface area contributed by atoms with Crippen molar-refractivity contribution in [3.05, 3.63) is 50.6 Å². The monoisotopic (exact) mass is 364 g/mol. The van der Waals surface area contributed by atoms with Gasteiger partial charge in [-0.15, -0.1) is 11.3 Å². The van der Waals surface area contributed by atoms with E-state index in [4.69, 9.17) is 0 Å². The lowest BCUT2D eigenvalue weighted by Gasteiger charge is -2.16. The highest BCUT2D eigenvalue weighted by Crippen LogP contribution is 2.23. The van der Waals surface area contributed by atoms with Crippen molar-refractivity contribution in [2.75, 3.05) is 11.4 Å². The van der Waals surface area contributed by atoms with Crippen molar-refractivity contribution >= 4 is 38.9 Å². The second-order valence-electron chi connectivity index (χ2n) is 5.11. The Morgan fingerprint density at radius 3 is 2.62 bits per heavy atom. The lowest BCUT2D eigenvalue weighted by Crippen LogP contribution is -2.23. The van der Waals surface area contributed by atoms with Crippen LogP contribution in [0.15, 0.2) is 40.2 Å². The van der Waals surface area contributed by atoms with E-state index in [-0.39, 0.29) is 5.91 Å². The number of carbonyl (C=O) groups is 1. The van der Waals surface area contributed by atoms with Crippen molar-refractivity contribution in [2.45, 2.75) is 25.9 Å². The molecule has 110 valence electrons. The van der Waals surface area contributed by atoms with Crippen LogP contribution in [0.3, 0.4) is 0 Å². The maximum Gasteiger partial charge on any atom is 0.227 e. The van der Waals surface area contributed by atoms with Crippen LogP contribution in [-0.2, 0) is 17.9 Å². The largest absolute Gasteiger partial charge is 0.312 e. The molecule has 0 spiro atoms. The Labute approximate surface area is 137 Å². The second-order valence-corrected chi connectivity index (χ2v) is 6.97. The number of amides is 1. The van der Waals surface area contributed by atoms with Crippen LogP contribution in [0.25, 0.3) is 0 Å². The molecule has 3 nitrogen and oxygen atoms in total. The van der Waals surface area contributed by atoms with Crippen molar-refractivity contribution in [1.29, 1.82) is 0 Å². The summed E-state index contributed by atoms with van der Waals surface area (Å²) in [5.41, 5.74) is 2.25. The van der Waals surface area contributed by atoms with Crippen LogP contribution in [0.4, 0.5) is 5.69 Å². The van der Waals surface area contributed by atoms with Crippen LogP contribution in [0.5, 0.6) is 0 Å². The highest BCUT2D eigenvalue weighted by atomic mass is 79.9. The maximum atomic E-state index is 11.7. The molecule has 1 aromatic carbocycles. The van der Waals surface area contributed by atoms with Gasteiger partial charge in [0.05, 0.1) is 0 Å². The number of hydrogen-bond acceptors (Lipinski definition) is 3. The number of thiophene rings is 1. The van der Waals surface area contributed by atoms with Gasteiger partial charge in [0, 0.05) is 41.1 Å². The fourth-order valence-corrected chi connectivity index (χ4v) is 3.95. The summed E-state index contributed by atoms with van der Waals surface area (Å²) >= 11 is 5.29. The number of nitrogens with one attached hydrogen (secondary N) is 1. The number of rotatable bonds is 5. The van der Waals surface area contributed by atoms with Crippen LogP contribution >= 0.6 is 27.3 Å². The standard InChI is InChI=1S/C16H17BrN2OS/c17-14-7-9-21-15(14)11-18-10-12-3-5-13(6-4-12)19-8-1-2-16(19)20/h3-7,9,18H,1-2,8,10-11H2. The number of nitrogens with zero attached hydrogens (tertiary/aromatic N) is 1. The van der Waals surface area contributed by atoms with Gasteiger partial charge in [-0.25, -0.2) is 0 Å². The highest BCUT2D eigenvalue weighted by Gasteiger charge is 2.21. The maximum absolute atomic E-state index is 11.7. The van der Waals surface area contributed by atoms with Gasteiger partial charge in [-0.05, 0) is 51.5 Å². The Morgan fingerprint density at radius 1 is 1.19 bits per heavy atom. The van der Waals surface area contributed by atoms with E-state index < -0.39 is 0 Å². The fourth-order valence-electron chi connectivity index (χ4n) is 2.49. The van der Waals surface area contributed by atoms with Crippen molar-refractivity contribution in [2.24, 2.45) is 0 Å². The molecule has 0 bridgehead atoms. The Bertz CT molecular complexity index is 623. The molecule has 1 amide bonds. The third-order valence-corrected chi connectivity index (χ3v) is 5.55. The average molecular weight is 365 g/mol. The second kappa shape index (κ2) is 6.73. The number of halogens is 1. The zero-order valence-corrected chi connectivity index (χ0v) is 14.0. The average Bonchev–Trinajstić information content (AvgIpc) is 3.09. The summed E-state index contributed by atoms with van der Waals surface area (Å²) in [6.07, 6.45) is 1.65. The molecule has 0 atom stereocenters. The molecular formula is C16H17BrN2OS. The van der Waals surface area contributed by atoms with E-state index in [0.717, 1.165) is 31.7 Å². The molecule has 2 aromatic rings. The first-order chi connectivity index (χ1) is 10.2. The molecule has 3 rings (SSSR count). The van der Waals surface area contributed by atoms with Gasteiger partial charge in [-0.1, -0.05) is 12.1 Å². The van der Waals surface area contributed by atoms with Gasteiger partial charge in [0.25, 0.3) is 0 Å². The number of benzene rings is 1. The van der Waals surface area contributed by atoms with Gasteiger partial charge in [-0.3, -0.25) is 4.79 Å².